The minimum absolute atomic E-state index is 0.344. The van der Waals surface area contributed by atoms with Crippen molar-refractivity contribution in [2.45, 2.75) is 13.0 Å². The van der Waals surface area contributed by atoms with Gasteiger partial charge in [0.05, 0.1) is 31.5 Å². The van der Waals surface area contributed by atoms with Crippen LogP contribution in [0.2, 0.25) is 0 Å². The number of nitrogens with one attached hydrogen (secondary N) is 1. The molecule has 24 heavy (non-hydrogen) atoms. The van der Waals surface area contributed by atoms with Gasteiger partial charge in [-0.25, -0.2) is 0 Å². The van der Waals surface area contributed by atoms with E-state index < -0.39 is 6.10 Å². The van der Waals surface area contributed by atoms with E-state index in [4.69, 9.17) is 19.5 Å². The fourth-order valence-electron chi connectivity index (χ4n) is 2.04. The molecule has 0 spiro atoms. The van der Waals surface area contributed by atoms with Crippen LogP contribution in [0.3, 0.4) is 0 Å². The van der Waals surface area contributed by atoms with Crippen molar-refractivity contribution in [2.24, 2.45) is 0 Å². The molecule has 2 aromatic carbocycles. The molecule has 2 rings (SSSR count). The summed E-state index contributed by atoms with van der Waals surface area (Å²) in [5.74, 6) is 1.22. The van der Waals surface area contributed by atoms with Gasteiger partial charge < -0.3 is 19.5 Å². The number of rotatable bonds is 6. The van der Waals surface area contributed by atoms with Gasteiger partial charge in [0.2, 0.25) is 0 Å². The zero-order valence-corrected chi connectivity index (χ0v) is 13.7. The Morgan fingerprint density at radius 1 is 1.12 bits per heavy atom. The van der Waals surface area contributed by atoms with Crippen LogP contribution in [0.5, 0.6) is 17.2 Å². The summed E-state index contributed by atoms with van der Waals surface area (Å²) in [7, 11) is 3.06. The van der Waals surface area contributed by atoms with E-state index in [1.54, 1.807) is 56.5 Å². The van der Waals surface area contributed by atoms with Crippen LogP contribution >= 0.6 is 0 Å². The van der Waals surface area contributed by atoms with Crippen molar-refractivity contribution >= 4 is 11.6 Å². The lowest BCUT2D eigenvalue weighted by Crippen LogP contribution is -2.30. The molecular formula is C18H18N2O4. The zero-order chi connectivity index (χ0) is 17.5. The standard InChI is InChI=1S/C18H18N2O4/c1-12(24-15-6-4-5-13(9-15)11-19)18(21)20-16-10-14(22-2)7-8-17(16)23-3/h4-10,12H,1-3H3,(H,20,21). The number of carbonyl (C=O) groups excluding carboxylic acids is 1. The van der Waals surface area contributed by atoms with Crippen LogP contribution in [0.25, 0.3) is 0 Å². The lowest BCUT2D eigenvalue weighted by atomic mass is 10.2. The molecule has 6 nitrogen and oxygen atoms in total. The Bertz CT molecular complexity index is 768. The second kappa shape index (κ2) is 7.88. The van der Waals surface area contributed by atoms with Crippen LogP contribution < -0.4 is 19.5 Å². The Kier molecular flexibility index (Phi) is 5.63. The molecule has 0 aromatic heterocycles. The van der Waals surface area contributed by atoms with Gasteiger partial charge in [-0.3, -0.25) is 4.79 Å². The molecule has 0 bridgehead atoms. The fourth-order valence-corrected chi connectivity index (χ4v) is 2.04. The first-order chi connectivity index (χ1) is 11.6. The molecule has 0 radical (unpaired) electrons. The highest BCUT2D eigenvalue weighted by atomic mass is 16.5. The quantitative estimate of drug-likeness (QED) is 0.882. The van der Waals surface area contributed by atoms with Gasteiger partial charge in [0.1, 0.15) is 17.2 Å². The number of nitriles is 1. The van der Waals surface area contributed by atoms with Crippen molar-refractivity contribution in [2.75, 3.05) is 19.5 Å². The first kappa shape index (κ1) is 17.2. The normalized spacial score (nSPS) is 11.1. The molecule has 0 aliphatic rings. The minimum Gasteiger partial charge on any atom is -0.497 e. The predicted octanol–water partition coefficient (Wildman–Crippen LogP) is 2.98. The van der Waals surface area contributed by atoms with Crippen molar-refractivity contribution in [3.8, 4) is 23.3 Å². The number of methoxy groups -OCH3 is 2. The topological polar surface area (TPSA) is 80.6 Å². The zero-order valence-electron chi connectivity index (χ0n) is 13.7. The lowest BCUT2D eigenvalue weighted by molar-refractivity contribution is -0.122. The summed E-state index contributed by atoms with van der Waals surface area (Å²) in [5.41, 5.74) is 0.956. The average molecular weight is 326 g/mol. The third kappa shape index (κ3) is 4.17. The minimum atomic E-state index is -0.755. The average Bonchev–Trinajstić information content (AvgIpc) is 2.61. The van der Waals surface area contributed by atoms with Gasteiger partial charge in [-0.1, -0.05) is 6.07 Å². The van der Waals surface area contributed by atoms with Gasteiger partial charge in [-0.15, -0.1) is 0 Å². The van der Waals surface area contributed by atoms with Gasteiger partial charge >= 0.3 is 0 Å². The third-order valence-corrected chi connectivity index (χ3v) is 3.31. The van der Waals surface area contributed by atoms with Crippen LogP contribution in [0, 0.1) is 11.3 Å². The van der Waals surface area contributed by atoms with Crippen molar-refractivity contribution in [3.63, 3.8) is 0 Å². The highest BCUT2D eigenvalue weighted by Gasteiger charge is 2.17. The number of amides is 1. The number of nitrogens with zero attached hydrogens (tertiary/aromatic N) is 1. The van der Waals surface area contributed by atoms with Crippen LogP contribution in [0.1, 0.15) is 12.5 Å². The summed E-state index contributed by atoms with van der Waals surface area (Å²) in [5, 5.41) is 11.6. The van der Waals surface area contributed by atoms with Crippen molar-refractivity contribution in [1.29, 1.82) is 5.26 Å². The summed E-state index contributed by atoms with van der Waals surface area (Å²) < 4.78 is 16.0. The largest absolute Gasteiger partial charge is 0.497 e. The molecule has 6 heteroatoms. The molecule has 0 saturated carbocycles. The van der Waals surface area contributed by atoms with Crippen LogP contribution in [0.4, 0.5) is 5.69 Å². The maximum Gasteiger partial charge on any atom is 0.265 e. The van der Waals surface area contributed by atoms with Gasteiger partial charge in [0.15, 0.2) is 6.10 Å². The third-order valence-electron chi connectivity index (χ3n) is 3.31. The van der Waals surface area contributed by atoms with Crippen molar-refractivity contribution in [3.05, 3.63) is 48.0 Å². The van der Waals surface area contributed by atoms with Gasteiger partial charge in [-0.05, 0) is 37.3 Å². The molecule has 0 saturated heterocycles. The fraction of sp³-hybridized carbons (Fsp3) is 0.222. The highest BCUT2D eigenvalue weighted by Crippen LogP contribution is 2.29. The Labute approximate surface area is 140 Å². The Morgan fingerprint density at radius 3 is 2.58 bits per heavy atom. The van der Waals surface area contributed by atoms with E-state index >= 15 is 0 Å². The van der Waals surface area contributed by atoms with Crippen LogP contribution in [-0.2, 0) is 4.79 Å². The Hall–Kier alpha value is -3.20. The summed E-state index contributed by atoms with van der Waals surface area (Å²) in [6.45, 7) is 1.63. The summed E-state index contributed by atoms with van der Waals surface area (Å²) in [6.07, 6.45) is -0.755. The second-order valence-corrected chi connectivity index (χ2v) is 4.96. The number of benzene rings is 2. The van der Waals surface area contributed by atoms with E-state index in [9.17, 15) is 4.79 Å². The Balaban J connectivity index is 2.10. The van der Waals surface area contributed by atoms with E-state index in [1.807, 2.05) is 6.07 Å². The molecule has 124 valence electrons. The van der Waals surface area contributed by atoms with Crippen molar-refractivity contribution in [1.82, 2.24) is 0 Å². The van der Waals surface area contributed by atoms with Crippen LogP contribution in [-0.4, -0.2) is 26.2 Å². The summed E-state index contributed by atoms with van der Waals surface area (Å²) in [4.78, 5) is 12.3. The Morgan fingerprint density at radius 2 is 1.92 bits per heavy atom. The first-order valence-electron chi connectivity index (χ1n) is 7.27. The molecule has 0 fully saturated rings. The lowest BCUT2D eigenvalue weighted by Gasteiger charge is -2.16. The van der Waals surface area contributed by atoms with Crippen LogP contribution in [0.15, 0.2) is 42.5 Å². The maximum absolute atomic E-state index is 12.3. The molecule has 1 N–H and O–H groups in total. The number of anilines is 1. The maximum atomic E-state index is 12.3. The SMILES string of the molecule is COc1ccc(OC)c(NC(=O)C(C)Oc2cccc(C#N)c2)c1. The molecule has 2 aromatic rings. The summed E-state index contributed by atoms with van der Waals surface area (Å²) in [6, 6.07) is 13.8. The number of carbonyl (C=O) groups is 1. The smallest absolute Gasteiger partial charge is 0.265 e. The van der Waals surface area contributed by atoms with E-state index in [0.29, 0.717) is 28.5 Å². The van der Waals surface area contributed by atoms with E-state index in [0.717, 1.165) is 0 Å². The van der Waals surface area contributed by atoms with E-state index in [-0.39, 0.29) is 5.91 Å². The monoisotopic (exact) mass is 326 g/mol. The van der Waals surface area contributed by atoms with Crippen molar-refractivity contribution < 1.29 is 19.0 Å². The summed E-state index contributed by atoms with van der Waals surface area (Å²) >= 11 is 0. The molecule has 0 aliphatic heterocycles. The van der Waals surface area contributed by atoms with E-state index in [1.165, 1.54) is 7.11 Å². The van der Waals surface area contributed by atoms with E-state index in [2.05, 4.69) is 5.32 Å². The highest BCUT2D eigenvalue weighted by molar-refractivity contribution is 5.95. The first-order valence-corrected chi connectivity index (χ1v) is 7.27. The molecule has 0 heterocycles. The van der Waals surface area contributed by atoms with Gasteiger partial charge in [-0.2, -0.15) is 5.26 Å². The molecular weight excluding hydrogens is 308 g/mol. The number of hydrogen-bond acceptors (Lipinski definition) is 5. The number of hydrogen-bond donors (Lipinski definition) is 1. The molecule has 1 unspecified atom stereocenters. The molecule has 0 aliphatic carbocycles. The predicted molar refractivity (Wildman–Crippen MR) is 89.4 cm³/mol. The molecule has 1 atom stereocenters. The second-order valence-electron chi connectivity index (χ2n) is 4.96. The molecule has 1 amide bonds. The van der Waals surface area contributed by atoms with Gasteiger partial charge in [0, 0.05) is 6.07 Å². The number of ether oxygens (including phenoxy) is 3. The van der Waals surface area contributed by atoms with Gasteiger partial charge in [0.25, 0.3) is 5.91 Å².